The average Bonchev–Trinajstić information content (AvgIpc) is 3.04. The van der Waals surface area contributed by atoms with Crippen molar-refractivity contribution in [2.45, 2.75) is 0 Å². The molecule has 44 heavy (non-hydrogen) atoms. The van der Waals surface area contributed by atoms with E-state index in [2.05, 4.69) is 182 Å². The summed E-state index contributed by atoms with van der Waals surface area (Å²) in [7, 11) is -6.06. The van der Waals surface area contributed by atoms with E-state index >= 15 is 0 Å². The Morgan fingerprint density at radius 1 is 0.318 bits per heavy atom. The number of rotatable bonds is 6. The molecule has 224 valence electrons. The smallest absolute Gasteiger partial charge is 0.759 e. The van der Waals surface area contributed by atoms with E-state index < -0.39 is 26.2 Å². The zero-order valence-corrected chi connectivity index (χ0v) is 28.4. The molecule has 0 saturated heterocycles. The Morgan fingerprint density at radius 2 is 0.432 bits per heavy atom. The van der Waals surface area contributed by atoms with Crippen LogP contribution >= 0.6 is 15.8 Å². The van der Waals surface area contributed by atoms with Crippen LogP contribution in [-0.2, 0) is 31.5 Å². The van der Waals surface area contributed by atoms with Gasteiger partial charge in [-0.05, 0) is 47.7 Å². The van der Waals surface area contributed by atoms with Crippen LogP contribution in [0.25, 0.3) is 0 Å². The van der Waals surface area contributed by atoms with E-state index in [1.807, 2.05) is 0 Å². The van der Waals surface area contributed by atoms with Crippen LogP contribution < -0.4 is 31.8 Å². The van der Waals surface area contributed by atoms with E-state index in [0.717, 1.165) is 0 Å². The fraction of sp³-hybridized carbons (Fsp3) is 0. The zero-order valence-electron chi connectivity index (χ0n) is 23.6. The third-order valence-corrected chi connectivity index (χ3v) is 11.0. The van der Waals surface area contributed by atoms with E-state index in [0.29, 0.717) is 0 Å². The van der Waals surface area contributed by atoms with Crippen LogP contribution in [0.15, 0.2) is 182 Å². The zero-order chi connectivity index (χ0) is 30.3. The minimum absolute atomic E-state index is 0. The van der Waals surface area contributed by atoms with Gasteiger partial charge in [-0.25, -0.2) is 0 Å². The second-order valence-corrected chi connectivity index (χ2v) is 14.3. The van der Waals surface area contributed by atoms with Gasteiger partial charge in [0.2, 0.25) is 0 Å². The summed E-state index contributed by atoms with van der Waals surface area (Å²) < 4.78 is 34.1. The van der Waals surface area contributed by atoms with Crippen LogP contribution in [0.2, 0.25) is 0 Å². The summed E-state index contributed by atoms with van der Waals surface area (Å²) in [4.78, 5) is 0. The second kappa shape index (κ2) is 18.5. The normalized spacial score (nSPS) is 10.5. The van der Waals surface area contributed by atoms with Crippen molar-refractivity contribution in [2.24, 2.45) is 0 Å². The third kappa shape index (κ3) is 11.7. The van der Waals surface area contributed by atoms with Gasteiger partial charge in [0, 0.05) is 10.4 Å². The molecule has 0 amide bonds. The first-order valence-corrected chi connectivity index (χ1v) is 17.5. The average molecular weight is 816 g/mol. The van der Waals surface area contributed by atoms with Crippen molar-refractivity contribution >= 4 is 58.1 Å². The van der Waals surface area contributed by atoms with Crippen molar-refractivity contribution in [3.63, 3.8) is 0 Å². The van der Waals surface area contributed by atoms with Gasteiger partial charge < -0.3 is 9.11 Å². The van der Waals surface area contributed by atoms with E-state index in [4.69, 9.17) is 17.5 Å². The van der Waals surface area contributed by atoms with Gasteiger partial charge in [-0.15, -0.1) is 0 Å². The van der Waals surface area contributed by atoms with Crippen molar-refractivity contribution in [3.05, 3.63) is 182 Å². The molecule has 0 aromatic heterocycles. The summed E-state index contributed by atoms with van der Waals surface area (Å²) in [6, 6.07) is 64.7. The molecule has 0 N–H and O–H groups in total. The summed E-state index contributed by atoms with van der Waals surface area (Å²) in [5.74, 6) is 0. The molecule has 6 aromatic rings. The molecule has 0 bridgehead atoms. The molecule has 0 unspecified atom stereocenters. The standard InChI is InChI=1S/2C18H15P.H2O4S.Pt/c2*1-4-10-16(11-5-1)19(17-12-6-2-7-13-17)18-14-8-3-9-15-18;1-5(2,3)4;/h2*1-15H;(H2,1,2,3,4);/q;;;+2/p-2. The Hall–Kier alpha value is -3.26. The maximum absolute atomic E-state index is 8.52. The molecule has 0 saturated carbocycles. The maximum atomic E-state index is 8.52. The topological polar surface area (TPSA) is 80.3 Å². The first kappa shape index (κ1) is 35.2. The second-order valence-electron chi connectivity index (χ2n) is 9.09. The van der Waals surface area contributed by atoms with E-state index in [-0.39, 0.29) is 21.1 Å². The van der Waals surface area contributed by atoms with Crippen molar-refractivity contribution in [3.8, 4) is 0 Å². The monoisotopic (exact) mass is 815 g/mol. The van der Waals surface area contributed by atoms with Crippen LogP contribution in [-0.4, -0.2) is 17.5 Å². The van der Waals surface area contributed by atoms with Gasteiger partial charge in [-0.3, -0.25) is 8.42 Å². The van der Waals surface area contributed by atoms with Crippen molar-refractivity contribution in [2.75, 3.05) is 0 Å². The minimum atomic E-state index is -5.17. The molecule has 0 aliphatic rings. The van der Waals surface area contributed by atoms with Gasteiger partial charge in [-0.1, -0.05) is 182 Å². The molecule has 0 aliphatic carbocycles. The van der Waals surface area contributed by atoms with Crippen LogP contribution in [0, 0.1) is 0 Å². The Balaban J connectivity index is 0.000000205. The molecule has 4 nitrogen and oxygen atoms in total. The van der Waals surface area contributed by atoms with Crippen LogP contribution in [0.1, 0.15) is 0 Å². The number of benzene rings is 6. The van der Waals surface area contributed by atoms with Gasteiger partial charge in [0.25, 0.3) is 0 Å². The SMILES string of the molecule is O=S(=O)([O-])[O-].[Pt+2].c1ccc(P(c2ccccc2)c2ccccc2)cc1.c1ccc(P(c2ccccc2)c2ccccc2)cc1. The Morgan fingerprint density at radius 3 is 0.545 bits per heavy atom. The molecule has 8 heteroatoms. The minimum Gasteiger partial charge on any atom is -0.759 e. The van der Waals surface area contributed by atoms with Gasteiger partial charge in [-0.2, -0.15) is 0 Å². The van der Waals surface area contributed by atoms with Crippen molar-refractivity contribution in [1.29, 1.82) is 0 Å². The predicted octanol–water partition coefficient (Wildman–Crippen LogP) is 5.55. The number of hydrogen-bond acceptors (Lipinski definition) is 4. The third-order valence-electron chi connectivity index (χ3n) is 6.09. The first-order chi connectivity index (χ1) is 20.9. The fourth-order valence-electron chi connectivity index (χ4n) is 4.36. The van der Waals surface area contributed by atoms with Gasteiger partial charge in [0.15, 0.2) is 0 Å². The first-order valence-electron chi connectivity index (χ1n) is 13.5. The summed E-state index contributed by atoms with van der Waals surface area (Å²) in [6.07, 6.45) is 0. The quantitative estimate of drug-likeness (QED) is 0.126. The molecule has 6 aromatic carbocycles. The predicted molar refractivity (Wildman–Crippen MR) is 181 cm³/mol. The van der Waals surface area contributed by atoms with E-state index in [9.17, 15) is 0 Å². The van der Waals surface area contributed by atoms with Gasteiger partial charge >= 0.3 is 21.1 Å². The van der Waals surface area contributed by atoms with Gasteiger partial charge in [0.1, 0.15) is 0 Å². The summed E-state index contributed by atoms with van der Waals surface area (Å²) in [5.41, 5.74) is 0. The van der Waals surface area contributed by atoms with Crippen LogP contribution in [0.3, 0.4) is 0 Å². The molecule has 0 heterocycles. The maximum Gasteiger partial charge on any atom is 2.00 e. The molecule has 0 aliphatic heterocycles. The van der Waals surface area contributed by atoms with Crippen LogP contribution in [0.4, 0.5) is 0 Å². The Labute approximate surface area is 277 Å². The molecule has 0 radical (unpaired) electrons. The molecule has 0 atom stereocenters. The Bertz CT molecular complexity index is 1420. The molecular weight excluding hydrogens is 785 g/mol. The molecule has 6 rings (SSSR count). The summed E-state index contributed by atoms with van der Waals surface area (Å²) >= 11 is 0. The van der Waals surface area contributed by atoms with Crippen molar-refractivity contribution in [1.82, 2.24) is 0 Å². The summed E-state index contributed by atoms with van der Waals surface area (Å²) in [6.45, 7) is 0. The fourth-order valence-corrected chi connectivity index (χ4v) is 8.97. The van der Waals surface area contributed by atoms with E-state index in [1.165, 1.54) is 31.8 Å². The Kier molecular flexibility index (Phi) is 14.8. The van der Waals surface area contributed by atoms with Crippen molar-refractivity contribution < 1.29 is 38.6 Å². The van der Waals surface area contributed by atoms with Crippen LogP contribution in [0.5, 0.6) is 0 Å². The molecule has 0 fully saturated rings. The molecular formula is C36H30O4P2PtS. The summed E-state index contributed by atoms with van der Waals surface area (Å²) in [5, 5.41) is 8.39. The molecule has 0 spiro atoms. The van der Waals surface area contributed by atoms with Gasteiger partial charge in [0.05, 0.1) is 0 Å². The number of hydrogen-bond donors (Lipinski definition) is 0. The largest absolute Gasteiger partial charge is 2.00 e. The van der Waals surface area contributed by atoms with E-state index in [1.54, 1.807) is 0 Å².